The molecule has 0 spiro atoms. The van der Waals surface area contributed by atoms with Crippen LogP contribution >= 0.6 is 38.5 Å². The molecule has 134 valence electrons. The number of amides is 1. The normalized spacial score (nSPS) is 10.9. The Morgan fingerprint density at radius 1 is 1.11 bits per heavy atom. The van der Waals surface area contributed by atoms with Gasteiger partial charge in [0, 0.05) is 19.3 Å². The number of halogens is 2. The molecule has 0 aliphatic heterocycles. The molecule has 0 aliphatic rings. The van der Waals surface area contributed by atoms with Crippen LogP contribution in [0.5, 0.6) is 0 Å². The van der Waals surface area contributed by atoms with E-state index in [0.29, 0.717) is 28.2 Å². The lowest BCUT2D eigenvalue weighted by Crippen LogP contribution is -2.13. The van der Waals surface area contributed by atoms with Crippen molar-refractivity contribution in [2.45, 2.75) is 6.92 Å². The minimum Gasteiger partial charge on any atom is -0.436 e. The maximum Gasteiger partial charge on any atom is 0.256 e. The largest absolute Gasteiger partial charge is 0.436 e. The van der Waals surface area contributed by atoms with Crippen LogP contribution in [0.1, 0.15) is 15.9 Å². The highest BCUT2D eigenvalue weighted by molar-refractivity contribution is 14.1. The highest BCUT2D eigenvalue weighted by atomic mass is 127. The van der Waals surface area contributed by atoms with Gasteiger partial charge in [0.1, 0.15) is 5.52 Å². The van der Waals surface area contributed by atoms with Gasteiger partial charge in [0.05, 0.1) is 5.56 Å². The summed E-state index contributed by atoms with van der Waals surface area (Å²) in [6.45, 7) is 2.02. The molecule has 0 atom stereocenters. The van der Waals surface area contributed by atoms with Crippen molar-refractivity contribution in [3.05, 3.63) is 79.8 Å². The number of carbonyl (C=O) groups is 1. The Morgan fingerprint density at radius 2 is 1.93 bits per heavy atom. The molecule has 4 rings (SSSR count). The number of nitrogens with zero attached hydrogens (tertiary/aromatic N) is 1. The zero-order valence-corrected chi connectivity index (χ0v) is 18.0. The fourth-order valence-corrected chi connectivity index (χ4v) is 3.74. The van der Waals surface area contributed by atoms with Crippen LogP contribution in [0.25, 0.3) is 22.6 Å². The maximum atomic E-state index is 12.6. The summed E-state index contributed by atoms with van der Waals surface area (Å²) in [5, 5.41) is 2.93. The number of aromatic nitrogens is 1. The molecular formula is C21H14BrIN2O2. The van der Waals surface area contributed by atoms with E-state index >= 15 is 0 Å². The van der Waals surface area contributed by atoms with Crippen LogP contribution in [0.15, 0.2) is 69.6 Å². The van der Waals surface area contributed by atoms with Gasteiger partial charge in [-0.25, -0.2) is 4.98 Å². The number of fused-ring (bicyclic) bond motifs is 1. The zero-order valence-electron chi connectivity index (χ0n) is 14.3. The van der Waals surface area contributed by atoms with E-state index in [1.54, 1.807) is 0 Å². The Morgan fingerprint density at radius 3 is 2.74 bits per heavy atom. The van der Waals surface area contributed by atoms with Gasteiger partial charge in [0.15, 0.2) is 5.58 Å². The fraction of sp³-hybridized carbons (Fsp3) is 0.0476. The number of aryl methyl sites for hydroxylation is 1. The molecule has 0 radical (unpaired) electrons. The minimum absolute atomic E-state index is 0.164. The van der Waals surface area contributed by atoms with E-state index in [1.165, 1.54) is 0 Å². The third-order valence-electron chi connectivity index (χ3n) is 4.19. The van der Waals surface area contributed by atoms with E-state index in [-0.39, 0.29) is 5.91 Å². The molecule has 1 heterocycles. The Balaban J connectivity index is 1.65. The van der Waals surface area contributed by atoms with Crippen molar-refractivity contribution >= 4 is 61.2 Å². The van der Waals surface area contributed by atoms with Gasteiger partial charge in [-0.3, -0.25) is 4.79 Å². The SMILES string of the molecule is Cc1ccccc1-c1nc2cc(NC(=O)c3cc(Br)ccc3I)ccc2o1. The Kier molecular flexibility index (Phi) is 5.01. The third kappa shape index (κ3) is 3.77. The van der Waals surface area contributed by atoms with Crippen LogP contribution < -0.4 is 5.32 Å². The van der Waals surface area contributed by atoms with Crippen LogP contribution in [0.3, 0.4) is 0 Å². The summed E-state index contributed by atoms with van der Waals surface area (Å²) >= 11 is 5.56. The number of benzene rings is 3. The quantitative estimate of drug-likeness (QED) is 0.310. The summed E-state index contributed by atoms with van der Waals surface area (Å²) in [4.78, 5) is 17.2. The summed E-state index contributed by atoms with van der Waals surface area (Å²) in [6.07, 6.45) is 0. The highest BCUT2D eigenvalue weighted by Crippen LogP contribution is 2.28. The molecule has 1 amide bonds. The van der Waals surface area contributed by atoms with Gasteiger partial charge in [-0.2, -0.15) is 0 Å². The Hall–Kier alpha value is -2.19. The molecule has 4 nitrogen and oxygen atoms in total. The predicted molar refractivity (Wildman–Crippen MR) is 119 cm³/mol. The number of anilines is 1. The van der Waals surface area contributed by atoms with Crippen LogP contribution in [0.2, 0.25) is 0 Å². The molecule has 4 aromatic rings. The second-order valence-electron chi connectivity index (χ2n) is 6.09. The fourth-order valence-electron chi connectivity index (χ4n) is 2.80. The molecule has 0 fully saturated rings. The number of carbonyl (C=O) groups excluding carboxylic acids is 1. The number of hydrogen-bond donors (Lipinski definition) is 1. The van der Waals surface area contributed by atoms with Crippen molar-refractivity contribution < 1.29 is 9.21 Å². The van der Waals surface area contributed by atoms with Gasteiger partial charge >= 0.3 is 0 Å². The summed E-state index contributed by atoms with van der Waals surface area (Å²) in [5.41, 5.74) is 4.74. The molecule has 1 aromatic heterocycles. The molecule has 27 heavy (non-hydrogen) atoms. The van der Waals surface area contributed by atoms with E-state index in [4.69, 9.17) is 4.42 Å². The summed E-state index contributed by atoms with van der Waals surface area (Å²) < 4.78 is 7.63. The van der Waals surface area contributed by atoms with Crippen molar-refractivity contribution in [3.63, 3.8) is 0 Å². The first-order valence-corrected chi connectivity index (χ1v) is 10.1. The van der Waals surface area contributed by atoms with E-state index < -0.39 is 0 Å². The van der Waals surface area contributed by atoms with Gasteiger partial charge in [-0.05, 0) is 77.5 Å². The zero-order chi connectivity index (χ0) is 19.0. The van der Waals surface area contributed by atoms with Crippen molar-refractivity contribution in [1.29, 1.82) is 0 Å². The van der Waals surface area contributed by atoms with Crippen LogP contribution in [-0.2, 0) is 0 Å². The lowest BCUT2D eigenvalue weighted by atomic mass is 10.1. The van der Waals surface area contributed by atoms with Gasteiger partial charge in [0.2, 0.25) is 5.89 Å². The number of hydrogen-bond acceptors (Lipinski definition) is 3. The van der Waals surface area contributed by atoms with E-state index in [1.807, 2.05) is 67.6 Å². The first-order chi connectivity index (χ1) is 13.0. The van der Waals surface area contributed by atoms with Crippen LogP contribution in [-0.4, -0.2) is 10.9 Å². The van der Waals surface area contributed by atoms with Crippen molar-refractivity contribution in [2.75, 3.05) is 5.32 Å². The first kappa shape index (κ1) is 18.2. The minimum atomic E-state index is -0.164. The molecule has 0 aliphatic carbocycles. The molecule has 0 unspecified atom stereocenters. The standard InChI is InChI=1S/C21H14BrIN2O2/c1-12-4-2-3-5-15(12)21-25-18-11-14(7-9-19(18)27-21)24-20(26)16-10-13(22)6-8-17(16)23/h2-11H,1H3,(H,24,26). The average Bonchev–Trinajstić information content (AvgIpc) is 3.07. The second kappa shape index (κ2) is 7.44. The topological polar surface area (TPSA) is 55.1 Å². The van der Waals surface area contributed by atoms with E-state index in [9.17, 15) is 4.79 Å². The van der Waals surface area contributed by atoms with Crippen molar-refractivity contribution in [2.24, 2.45) is 0 Å². The summed E-state index contributed by atoms with van der Waals surface area (Å²) in [6, 6.07) is 19.0. The van der Waals surface area contributed by atoms with E-state index in [2.05, 4.69) is 48.8 Å². The van der Waals surface area contributed by atoms with Gasteiger partial charge in [-0.1, -0.05) is 34.1 Å². The molecule has 1 N–H and O–H groups in total. The van der Waals surface area contributed by atoms with Crippen molar-refractivity contribution in [3.8, 4) is 11.5 Å². The molecule has 0 saturated heterocycles. The lowest BCUT2D eigenvalue weighted by Gasteiger charge is -2.07. The smallest absolute Gasteiger partial charge is 0.256 e. The number of rotatable bonds is 3. The van der Waals surface area contributed by atoms with Crippen LogP contribution in [0.4, 0.5) is 5.69 Å². The van der Waals surface area contributed by atoms with E-state index in [0.717, 1.165) is 19.2 Å². The lowest BCUT2D eigenvalue weighted by molar-refractivity contribution is 0.102. The molecule has 0 saturated carbocycles. The molecule has 6 heteroatoms. The maximum absolute atomic E-state index is 12.6. The Labute approximate surface area is 178 Å². The van der Waals surface area contributed by atoms with Gasteiger partial charge in [-0.15, -0.1) is 0 Å². The molecular weight excluding hydrogens is 519 g/mol. The van der Waals surface area contributed by atoms with Crippen LogP contribution in [0, 0.1) is 10.5 Å². The van der Waals surface area contributed by atoms with Gasteiger partial charge in [0.25, 0.3) is 5.91 Å². The number of nitrogens with one attached hydrogen (secondary N) is 1. The first-order valence-electron chi connectivity index (χ1n) is 8.24. The van der Waals surface area contributed by atoms with Crippen molar-refractivity contribution in [1.82, 2.24) is 4.98 Å². The Bertz CT molecular complexity index is 1170. The predicted octanol–water partition coefficient (Wildman–Crippen LogP) is 6.42. The van der Waals surface area contributed by atoms with Gasteiger partial charge < -0.3 is 9.73 Å². The molecule has 3 aromatic carbocycles. The number of oxazole rings is 1. The molecule has 0 bridgehead atoms. The average molecular weight is 533 g/mol. The monoisotopic (exact) mass is 532 g/mol. The second-order valence-corrected chi connectivity index (χ2v) is 8.17. The summed E-state index contributed by atoms with van der Waals surface area (Å²) in [5.74, 6) is 0.413. The highest BCUT2D eigenvalue weighted by Gasteiger charge is 2.14. The summed E-state index contributed by atoms with van der Waals surface area (Å²) in [7, 11) is 0. The third-order valence-corrected chi connectivity index (χ3v) is 5.63.